The first kappa shape index (κ1) is 17.5. The summed E-state index contributed by atoms with van der Waals surface area (Å²) >= 11 is 0. The molecular weight excluding hydrogens is 349 g/mol. The van der Waals surface area contributed by atoms with Crippen LogP contribution in [-0.4, -0.2) is 64.5 Å². The number of carbonyl (C=O) groups excluding carboxylic acids is 2. The summed E-state index contributed by atoms with van der Waals surface area (Å²) in [7, 11) is 0. The van der Waals surface area contributed by atoms with Gasteiger partial charge in [-0.2, -0.15) is 5.10 Å². The van der Waals surface area contributed by atoms with Crippen molar-refractivity contribution >= 4 is 17.5 Å². The quantitative estimate of drug-likeness (QED) is 0.867. The van der Waals surface area contributed by atoms with Gasteiger partial charge in [-0.15, -0.1) is 0 Å². The fourth-order valence-electron chi connectivity index (χ4n) is 3.77. The number of hydrogen-bond donors (Lipinski definition) is 1. The van der Waals surface area contributed by atoms with Crippen molar-refractivity contribution in [2.45, 2.75) is 19.9 Å². The molecule has 2 amide bonds. The first-order chi connectivity index (χ1) is 13.0. The molecule has 1 fully saturated rings. The number of anilines is 1. The topological polar surface area (TPSA) is 72.5 Å². The number of aromatic amines is 1. The van der Waals surface area contributed by atoms with Crippen molar-refractivity contribution in [2.24, 2.45) is 0 Å². The molecule has 0 radical (unpaired) electrons. The number of piperazine rings is 1. The molecule has 0 aliphatic carbocycles. The number of amides is 2. The molecule has 2 aliphatic heterocycles. The third-order valence-corrected chi connectivity index (χ3v) is 5.34. The van der Waals surface area contributed by atoms with E-state index in [9.17, 15) is 14.0 Å². The van der Waals surface area contributed by atoms with Crippen LogP contribution >= 0.6 is 0 Å². The van der Waals surface area contributed by atoms with Crippen molar-refractivity contribution in [3.8, 4) is 0 Å². The zero-order valence-electron chi connectivity index (χ0n) is 15.2. The molecule has 0 bridgehead atoms. The highest BCUT2D eigenvalue weighted by molar-refractivity contribution is 5.94. The first-order valence-corrected chi connectivity index (χ1v) is 9.15. The fourth-order valence-corrected chi connectivity index (χ4v) is 3.77. The Balaban J connectivity index is 1.44. The third-order valence-electron chi connectivity index (χ3n) is 5.34. The maximum Gasteiger partial charge on any atom is 0.274 e. The zero-order chi connectivity index (χ0) is 19.0. The Labute approximate surface area is 156 Å². The van der Waals surface area contributed by atoms with Gasteiger partial charge in [-0.1, -0.05) is 12.1 Å². The first-order valence-electron chi connectivity index (χ1n) is 9.15. The lowest BCUT2D eigenvalue weighted by Gasteiger charge is -2.36. The summed E-state index contributed by atoms with van der Waals surface area (Å²) in [6.45, 7) is 4.81. The Bertz CT molecular complexity index is 873. The molecule has 0 saturated carbocycles. The number of nitrogens with one attached hydrogen (secondary N) is 1. The van der Waals surface area contributed by atoms with Crippen LogP contribution in [0.15, 0.2) is 24.3 Å². The van der Waals surface area contributed by atoms with E-state index in [4.69, 9.17) is 0 Å². The molecule has 1 N–H and O–H groups in total. The molecule has 1 aromatic heterocycles. The molecule has 0 spiro atoms. The highest BCUT2D eigenvalue weighted by Crippen LogP contribution is 2.23. The highest BCUT2D eigenvalue weighted by atomic mass is 19.1. The van der Waals surface area contributed by atoms with E-state index < -0.39 is 0 Å². The number of para-hydroxylation sites is 1. The third kappa shape index (κ3) is 3.27. The number of hydrogen-bond acceptors (Lipinski definition) is 4. The minimum atomic E-state index is -0.242. The second kappa shape index (κ2) is 7.02. The lowest BCUT2D eigenvalue weighted by Crippen LogP contribution is -2.49. The number of aromatic nitrogens is 2. The molecule has 142 valence electrons. The number of benzene rings is 1. The van der Waals surface area contributed by atoms with E-state index in [0.717, 1.165) is 11.3 Å². The highest BCUT2D eigenvalue weighted by Gasteiger charge is 2.30. The van der Waals surface area contributed by atoms with Crippen molar-refractivity contribution in [3.63, 3.8) is 0 Å². The second-order valence-corrected chi connectivity index (χ2v) is 6.95. The van der Waals surface area contributed by atoms with Crippen LogP contribution in [0.2, 0.25) is 0 Å². The molecule has 1 saturated heterocycles. The maximum absolute atomic E-state index is 14.0. The minimum Gasteiger partial charge on any atom is -0.366 e. The van der Waals surface area contributed by atoms with Crippen molar-refractivity contribution < 1.29 is 14.0 Å². The molecular formula is C19H22FN5O2. The molecule has 8 heteroatoms. The number of H-pyrrole nitrogens is 1. The van der Waals surface area contributed by atoms with E-state index in [1.165, 1.54) is 6.07 Å². The monoisotopic (exact) mass is 371 g/mol. The number of halogens is 1. The molecule has 0 atom stereocenters. The predicted octanol–water partition coefficient (Wildman–Crippen LogP) is 1.42. The summed E-state index contributed by atoms with van der Waals surface area (Å²) in [5.41, 5.74) is 2.78. The molecule has 27 heavy (non-hydrogen) atoms. The average molecular weight is 371 g/mol. The second-order valence-electron chi connectivity index (χ2n) is 6.95. The van der Waals surface area contributed by atoms with Crippen LogP contribution in [0.3, 0.4) is 0 Å². The van der Waals surface area contributed by atoms with E-state index in [2.05, 4.69) is 10.2 Å². The van der Waals surface area contributed by atoms with Crippen LogP contribution in [0.4, 0.5) is 10.1 Å². The number of fused-ring (bicyclic) bond motifs is 1. The van der Waals surface area contributed by atoms with Crippen LogP contribution in [0, 0.1) is 5.82 Å². The smallest absolute Gasteiger partial charge is 0.274 e. The molecule has 3 heterocycles. The SMILES string of the molecule is CC(=O)N1CCc2c(C(=O)N3CCN(c4ccccc4F)CC3)n[nH]c2C1. The minimum absolute atomic E-state index is 0.0207. The zero-order valence-corrected chi connectivity index (χ0v) is 15.2. The van der Waals surface area contributed by atoms with Crippen molar-refractivity contribution in [1.29, 1.82) is 0 Å². The molecule has 7 nitrogen and oxygen atoms in total. The van der Waals surface area contributed by atoms with Crippen LogP contribution < -0.4 is 4.90 Å². The van der Waals surface area contributed by atoms with Crippen LogP contribution in [0.5, 0.6) is 0 Å². The van der Waals surface area contributed by atoms with Crippen molar-refractivity contribution in [3.05, 3.63) is 47.0 Å². The lowest BCUT2D eigenvalue weighted by atomic mass is 10.0. The van der Waals surface area contributed by atoms with Gasteiger partial charge in [0.05, 0.1) is 17.9 Å². The number of nitrogens with zero attached hydrogens (tertiary/aromatic N) is 4. The Morgan fingerprint density at radius 2 is 1.81 bits per heavy atom. The summed E-state index contributed by atoms with van der Waals surface area (Å²) in [5.74, 6) is -0.321. The van der Waals surface area contributed by atoms with Crippen LogP contribution in [0.1, 0.15) is 28.7 Å². The van der Waals surface area contributed by atoms with Gasteiger partial charge >= 0.3 is 0 Å². The van der Waals surface area contributed by atoms with Crippen LogP contribution in [0.25, 0.3) is 0 Å². The number of carbonyl (C=O) groups is 2. The Morgan fingerprint density at radius 1 is 1.07 bits per heavy atom. The molecule has 4 rings (SSSR count). The van der Waals surface area contributed by atoms with Gasteiger partial charge in [-0.25, -0.2) is 4.39 Å². The summed E-state index contributed by atoms with van der Waals surface area (Å²) in [4.78, 5) is 30.0. The van der Waals surface area contributed by atoms with Gasteiger partial charge in [-0.3, -0.25) is 14.7 Å². The summed E-state index contributed by atoms with van der Waals surface area (Å²) < 4.78 is 14.0. The number of rotatable bonds is 2. The Hall–Kier alpha value is -2.90. The predicted molar refractivity (Wildman–Crippen MR) is 97.9 cm³/mol. The molecule has 2 aromatic rings. The summed E-state index contributed by atoms with van der Waals surface area (Å²) in [6, 6.07) is 6.70. The Morgan fingerprint density at radius 3 is 2.52 bits per heavy atom. The van der Waals surface area contributed by atoms with Crippen molar-refractivity contribution in [2.75, 3.05) is 37.6 Å². The molecule has 1 aromatic carbocycles. The van der Waals surface area contributed by atoms with E-state index >= 15 is 0 Å². The van der Waals surface area contributed by atoms with Gasteiger partial charge in [0.2, 0.25) is 5.91 Å². The lowest BCUT2D eigenvalue weighted by molar-refractivity contribution is -0.129. The van der Waals surface area contributed by atoms with Gasteiger partial charge in [0.25, 0.3) is 5.91 Å². The fraction of sp³-hybridized carbons (Fsp3) is 0.421. The van der Waals surface area contributed by atoms with Crippen molar-refractivity contribution in [1.82, 2.24) is 20.0 Å². The average Bonchev–Trinajstić information content (AvgIpc) is 3.11. The summed E-state index contributed by atoms with van der Waals surface area (Å²) in [6.07, 6.45) is 0.627. The van der Waals surface area contributed by atoms with E-state index in [0.29, 0.717) is 57.1 Å². The molecule has 0 unspecified atom stereocenters. The maximum atomic E-state index is 14.0. The van der Waals surface area contributed by atoms with E-state index in [1.807, 2.05) is 11.0 Å². The summed E-state index contributed by atoms with van der Waals surface area (Å²) in [5, 5.41) is 7.15. The van der Waals surface area contributed by atoms with Gasteiger partial charge < -0.3 is 14.7 Å². The van der Waals surface area contributed by atoms with E-state index in [1.54, 1.807) is 28.9 Å². The standard InChI is InChI=1S/C19H22FN5O2/c1-13(26)25-7-6-14-16(12-25)21-22-18(14)19(27)24-10-8-23(9-11-24)17-5-3-2-4-15(17)20/h2-5H,6-12H2,1H3,(H,21,22). The van der Waals surface area contributed by atoms with Gasteiger partial charge in [-0.05, 0) is 18.6 Å². The van der Waals surface area contributed by atoms with Crippen LogP contribution in [-0.2, 0) is 17.8 Å². The largest absolute Gasteiger partial charge is 0.366 e. The van der Waals surface area contributed by atoms with Gasteiger partial charge in [0.1, 0.15) is 5.82 Å². The molecule has 2 aliphatic rings. The Kier molecular flexibility index (Phi) is 4.55. The van der Waals surface area contributed by atoms with Gasteiger partial charge in [0, 0.05) is 45.2 Å². The van der Waals surface area contributed by atoms with E-state index in [-0.39, 0.29) is 17.6 Å². The normalized spacial score (nSPS) is 17.0. The van der Waals surface area contributed by atoms with Gasteiger partial charge in [0.15, 0.2) is 5.69 Å².